The Kier molecular flexibility index (Phi) is 5.91. The van der Waals surface area contributed by atoms with Crippen molar-refractivity contribution in [1.82, 2.24) is 4.90 Å². The van der Waals surface area contributed by atoms with E-state index in [1.165, 1.54) is 23.1 Å². The quantitative estimate of drug-likeness (QED) is 0.553. The van der Waals surface area contributed by atoms with Crippen LogP contribution < -0.4 is 10.0 Å². The highest BCUT2D eigenvalue weighted by Gasteiger charge is 2.36. The van der Waals surface area contributed by atoms with Crippen LogP contribution in [0.3, 0.4) is 0 Å². The Balaban J connectivity index is 1.81. The van der Waals surface area contributed by atoms with Gasteiger partial charge in [0.1, 0.15) is 5.69 Å². The standard InChI is InChI=1S/C18H17F3N4O5S/c19-18(20,21)14-4-2-1-3-13(14)17(26)24-9-7-23(8-10-24)15-6-5-12(31(22,29)30)11-16(15)25(27)28/h1-6,11H,7-10H2,(H2,22,29,30). The summed E-state index contributed by atoms with van der Waals surface area (Å²) in [5.41, 5.74) is -1.85. The summed E-state index contributed by atoms with van der Waals surface area (Å²) in [6, 6.07) is 7.70. The average molecular weight is 458 g/mol. The number of alkyl halides is 3. The molecule has 0 atom stereocenters. The van der Waals surface area contributed by atoms with Crippen LogP contribution in [-0.4, -0.2) is 50.3 Å². The molecule has 0 spiro atoms. The molecule has 2 aromatic carbocycles. The van der Waals surface area contributed by atoms with Gasteiger partial charge in [0.05, 0.1) is 20.9 Å². The number of primary sulfonamides is 1. The summed E-state index contributed by atoms with van der Waals surface area (Å²) in [4.78, 5) is 25.7. The van der Waals surface area contributed by atoms with Gasteiger partial charge in [-0.3, -0.25) is 14.9 Å². The molecule has 31 heavy (non-hydrogen) atoms. The number of carbonyl (C=O) groups excluding carboxylic acids is 1. The summed E-state index contributed by atoms with van der Waals surface area (Å²) in [5.74, 6) is -0.786. The fourth-order valence-electron chi connectivity index (χ4n) is 3.33. The van der Waals surface area contributed by atoms with Crippen LogP contribution in [0, 0.1) is 10.1 Å². The first-order valence-electron chi connectivity index (χ1n) is 8.91. The van der Waals surface area contributed by atoms with Crippen molar-refractivity contribution in [3.8, 4) is 0 Å². The third-order valence-corrected chi connectivity index (χ3v) is 5.75. The fourth-order valence-corrected chi connectivity index (χ4v) is 3.87. The molecular formula is C18H17F3N4O5S. The van der Waals surface area contributed by atoms with Crippen LogP contribution in [0.1, 0.15) is 15.9 Å². The summed E-state index contributed by atoms with van der Waals surface area (Å²) in [5, 5.41) is 16.4. The SMILES string of the molecule is NS(=O)(=O)c1ccc(N2CCN(C(=O)c3ccccc3C(F)(F)F)CC2)c([N+](=O)[O-])c1. The van der Waals surface area contributed by atoms with Gasteiger partial charge in [-0.25, -0.2) is 13.6 Å². The monoisotopic (exact) mass is 458 g/mol. The van der Waals surface area contributed by atoms with Crippen molar-refractivity contribution < 1.29 is 31.3 Å². The van der Waals surface area contributed by atoms with Crippen molar-refractivity contribution in [1.29, 1.82) is 0 Å². The lowest BCUT2D eigenvalue weighted by Crippen LogP contribution is -2.49. The van der Waals surface area contributed by atoms with Gasteiger partial charge >= 0.3 is 6.18 Å². The van der Waals surface area contributed by atoms with Gasteiger partial charge in [0.2, 0.25) is 10.0 Å². The molecule has 13 heteroatoms. The number of rotatable bonds is 4. The molecule has 1 aliphatic rings. The minimum absolute atomic E-state index is 0.0269. The number of benzene rings is 2. The molecule has 2 aromatic rings. The van der Waals surface area contributed by atoms with E-state index in [2.05, 4.69) is 0 Å². The lowest BCUT2D eigenvalue weighted by atomic mass is 10.1. The summed E-state index contributed by atoms with van der Waals surface area (Å²) >= 11 is 0. The lowest BCUT2D eigenvalue weighted by Gasteiger charge is -2.36. The Bertz CT molecular complexity index is 1130. The lowest BCUT2D eigenvalue weighted by molar-refractivity contribution is -0.384. The van der Waals surface area contributed by atoms with Crippen LogP contribution >= 0.6 is 0 Å². The predicted molar refractivity (Wildman–Crippen MR) is 104 cm³/mol. The number of carbonyl (C=O) groups is 1. The zero-order valence-electron chi connectivity index (χ0n) is 15.9. The number of piperazine rings is 1. The van der Waals surface area contributed by atoms with E-state index in [1.807, 2.05) is 0 Å². The van der Waals surface area contributed by atoms with Gasteiger partial charge in [0, 0.05) is 32.2 Å². The molecule has 0 saturated carbocycles. The third kappa shape index (κ3) is 4.77. The summed E-state index contributed by atoms with van der Waals surface area (Å²) in [7, 11) is -4.14. The van der Waals surface area contributed by atoms with Gasteiger partial charge in [-0.05, 0) is 24.3 Å². The van der Waals surface area contributed by atoms with Gasteiger partial charge in [-0.2, -0.15) is 13.2 Å². The molecule has 0 aliphatic carbocycles. The number of nitrogens with two attached hydrogens (primary N) is 1. The average Bonchev–Trinajstić information content (AvgIpc) is 2.71. The minimum Gasteiger partial charge on any atom is -0.362 e. The fraction of sp³-hybridized carbons (Fsp3) is 0.278. The van der Waals surface area contributed by atoms with E-state index in [1.54, 1.807) is 4.90 Å². The van der Waals surface area contributed by atoms with E-state index in [4.69, 9.17) is 5.14 Å². The molecule has 1 fully saturated rings. The first-order valence-corrected chi connectivity index (χ1v) is 10.5. The van der Waals surface area contributed by atoms with Gasteiger partial charge in [0.25, 0.3) is 11.6 Å². The molecule has 1 aliphatic heterocycles. The van der Waals surface area contributed by atoms with Crippen molar-refractivity contribution in [2.24, 2.45) is 5.14 Å². The van der Waals surface area contributed by atoms with E-state index in [-0.39, 0.29) is 31.9 Å². The topological polar surface area (TPSA) is 127 Å². The van der Waals surface area contributed by atoms with E-state index in [9.17, 15) is 36.5 Å². The predicted octanol–water partition coefficient (Wildman–Crippen LogP) is 2.22. The first kappa shape index (κ1) is 22.5. The maximum atomic E-state index is 13.2. The second kappa shape index (κ2) is 8.15. The van der Waals surface area contributed by atoms with Crippen molar-refractivity contribution >= 4 is 27.3 Å². The number of amides is 1. The molecule has 0 aromatic heterocycles. The number of nitro benzene ring substituents is 1. The zero-order chi connectivity index (χ0) is 23.0. The number of halogens is 3. The van der Waals surface area contributed by atoms with Crippen LogP contribution in [-0.2, 0) is 16.2 Å². The number of hydrogen-bond acceptors (Lipinski definition) is 6. The highest BCUT2D eigenvalue weighted by molar-refractivity contribution is 7.89. The van der Waals surface area contributed by atoms with Crippen LogP contribution in [0.2, 0.25) is 0 Å². The molecule has 0 radical (unpaired) electrons. The number of nitro groups is 1. The van der Waals surface area contributed by atoms with Crippen LogP contribution in [0.25, 0.3) is 0 Å². The zero-order valence-corrected chi connectivity index (χ0v) is 16.7. The molecule has 2 N–H and O–H groups in total. The molecule has 1 amide bonds. The van der Waals surface area contributed by atoms with Gasteiger partial charge < -0.3 is 9.80 Å². The second-order valence-corrected chi connectivity index (χ2v) is 8.34. The molecule has 0 unspecified atom stereocenters. The first-order chi connectivity index (χ1) is 14.4. The molecule has 3 rings (SSSR count). The highest BCUT2D eigenvalue weighted by Crippen LogP contribution is 2.34. The second-order valence-electron chi connectivity index (χ2n) is 6.78. The minimum atomic E-state index is -4.68. The Morgan fingerprint density at radius 1 is 1.06 bits per heavy atom. The molecular weight excluding hydrogens is 441 g/mol. The third-order valence-electron chi connectivity index (χ3n) is 4.84. The van der Waals surface area contributed by atoms with Crippen LogP contribution in [0.4, 0.5) is 24.5 Å². The normalized spacial score (nSPS) is 15.1. The number of sulfonamides is 1. The van der Waals surface area contributed by atoms with Crippen molar-refractivity contribution in [2.45, 2.75) is 11.1 Å². The Labute approximate surface area is 175 Å². The molecule has 1 saturated heterocycles. The number of hydrogen-bond donors (Lipinski definition) is 1. The van der Waals surface area contributed by atoms with Crippen LogP contribution in [0.15, 0.2) is 47.4 Å². The smallest absolute Gasteiger partial charge is 0.362 e. The molecule has 9 nitrogen and oxygen atoms in total. The van der Waals surface area contributed by atoms with E-state index < -0.39 is 48.7 Å². The van der Waals surface area contributed by atoms with Crippen molar-refractivity contribution in [3.63, 3.8) is 0 Å². The Hall–Kier alpha value is -3.19. The molecule has 1 heterocycles. The van der Waals surface area contributed by atoms with E-state index in [0.29, 0.717) is 0 Å². The highest BCUT2D eigenvalue weighted by atomic mass is 32.2. The molecule has 0 bridgehead atoms. The van der Waals surface area contributed by atoms with Crippen LogP contribution in [0.5, 0.6) is 0 Å². The van der Waals surface area contributed by atoms with E-state index >= 15 is 0 Å². The largest absolute Gasteiger partial charge is 0.417 e. The molecule has 166 valence electrons. The maximum Gasteiger partial charge on any atom is 0.417 e. The van der Waals surface area contributed by atoms with Crippen molar-refractivity contribution in [2.75, 3.05) is 31.1 Å². The number of nitrogens with zero attached hydrogens (tertiary/aromatic N) is 3. The van der Waals surface area contributed by atoms with Gasteiger partial charge in [0.15, 0.2) is 0 Å². The Morgan fingerprint density at radius 2 is 1.68 bits per heavy atom. The van der Waals surface area contributed by atoms with Gasteiger partial charge in [-0.15, -0.1) is 0 Å². The summed E-state index contributed by atoms with van der Waals surface area (Å²) < 4.78 is 62.5. The summed E-state index contributed by atoms with van der Waals surface area (Å²) in [6.45, 7) is 0.267. The summed E-state index contributed by atoms with van der Waals surface area (Å²) in [6.07, 6.45) is -4.68. The van der Waals surface area contributed by atoms with Crippen molar-refractivity contribution in [3.05, 3.63) is 63.7 Å². The maximum absolute atomic E-state index is 13.2. The Morgan fingerprint density at radius 3 is 2.23 bits per heavy atom. The number of anilines is 1. The van der Waals surface area contributed by atoms with E-state index in [0.717, 1.165) is 24.3 Å². The van der Waals surface area contributed by atoms with Gasteiger partial charge in [-0.1, -0.05) is 12.1 Å².